The van der Waals surface area contributed by atoms with E-state index in [1.54, 1.807) is 0 Å². The molecule has 9 heteroatoms. The molecule has 6 nitrogen and oxygen atoms in total. The van der Waals surface area contributed by atoms with Gasteiger partial charge in [0, 0.05) is 32.1 Å². The number of carbonyl (C=O) groups is 1. The molecule has 1 N–H and O–H groups in total. The second-order valence-corrected chi connectivity index (χ2v) is 9.84. The van der Waals surface area contributed by atoms with Crippen LogP contribution >= 0.6 is 12.4 Å². The number of nitrogens with one attached hydrogen (secondary N) is 1. The van der Waals surface area contributed by atoms with Crippen LogP contribution in [0.3, 0.4) is 0 Å². The molecule has 28 heavy (non-hydrogen) atoms. The molecule has 0 aromatic heterocycles. The molecule has 2 aliphatic heterocycles. The lowest BCUT2D eigenvalue weighted by Gasteiger charge is -2.26. The number of hydrogen-bond acceptors (Lipinski definition) is 4. The Balaban J connectivity index is 0.00000225. The van der Waals surface area contributed by atoms with Gasteiger partial charge < -0.3 is 10.2 Å². The standard InChI is InChI=1S/C19H26FN3O3S.ClH/c20-15-2-4-16(5-3-15)27(25,26)23-11-1-10-22(12-13-23)18(24)17-14-19(17)6-8-21-9-7-19;/h2-5,17,21H,1,6-14H2;1H. The molecule has 2 saturated heterocycles. The van der Waals surface area contributed by atoms with Crippen LogP contribution in [-0.4, -0.2) is 62.8 Å². The molecule has 1 saturated carbocycles. The molecule has 1 amide bonds. The molecule has 1 unspecified atom stereocenters. The van der Waals surface area contributed by atoms with E-state index >= 15 is 0 Å². The van der Waals surface area contributed by atoms with Crippen LogP contribution < -0.4 is 5.32 Å². The minimum Gasteiger partial charge on any atom is -0.341 e. The first kappa shape index (κ1) is 21.5. The molecule has 3 fully saturated rings. The van der Waals surface area contributed by atoms with E-state index in [1.165, 1.54) is 16.4 Å². The van der Waals surface area contributed by atoms with Gasteiger partial charge in [-0.15, -0.1) is 12.4 Å². The number of sulfonamides is 1. The lowest BCUT2D eigenvalue weighted by molar-refractivity contribution is -0.133. The third-order valence-corrected chi connectivity index (χ3v) is 8.22. The second kappa shape index (κ2) is 8.26. The minimum atomic E-state index is -3.66. The monoisotopic (exact) mass is 431 g/mol. The zero-order valence-corrected chi connectivity index (χ0v) is 17.4. The summed E-state index contributed by atoms with van der Waals surface area (Å²) in [4.78, 5) is 14.9. The van der Waals surface area contributed by atoms with Gasteiger partial charge in [-0.3, -0.25) is 4.79 Å². The zero-order valence-electron chi connectivity index (χ0n) is 15.8. The van der Waals surface area contributed by atoms with Crippen LogP contribution in [0.4, 0.5) is 4.39 Å². The maximum Gasteiger partial charge on any atom is 0.243 e. The maximum atomic E-state index is 13.1. The van der Waals surface area contributed by atoms with Crippen molar-refractivity contribution in [3.05, 3.63) is 30.1 Å². The van der Waals surface area contributed by atoms with Gasteiger partial charge in [0.25, 0.3) is 0 Å². The Kier molecular flexibility index (Phi) is 6.34. The van der Waals surface area contributed by atoms with E-state index < -0.39 is 15.8 Å². The van der Waals surface area contributed by atoms with E-state index in [4.69, 9.17) is 0 Å². The summed E-state index contributed by atoms with van der Waals surface area (Å²) < 4.78 is 40.1. The molecular formula is C19H27ClFN3O3S. The highest BCUT2D eigenvalue weighted by Crippen LogP contribution is 2.59. The van der Waals surface area contributed by atoms with Crippen LogP contribution in [0.5, 0.6) is 0 Å². The van der Waals surface area contributed by atoms with Crippen molar-refractivity contribution in [2.75, 3.05) is 39.3 Å². The van der Waals surface area contributed by atoms with Crippen molar-refractivity contribution >= 4 is 28.3 Å². The SMILES string of the molecule is Cl.O=C(C1CC12CCNCC2)N1CCCN(S(=O)(=O)c2ccc(F)cc2)CC1. The fraction of sp³-hybridized carbons (Fsp3) is 0.632. The Bertz CT molecular complexity index is 812. The normalized spacial score (nSPS) is 25.0. The van der Waals surface area contributed by atoms with E-state index in [9.17, 15) is 17.6 Å². The number of hydrogen-bond donors (Lipinski definition) is 1. The summed E-state index contributed by atoms with van der Waals surface area (Å²) in [6, 6.07) is 4.91. The lowest BCUT2D eigenvalue weighted by Crippen LogP contribution is -2.39. The molecule has 1 aromatic carbocycles. The first-order valence-electron chi connectivity index (χ1n) is 9.68. The van der Waals surface area contributed by atoms with Crippen LogP contribution in [0.25, 0.3) is 0 Å². The van der Waals surface area contributed by atoms with Gasteiger partial charge in [-0.25, -0.2) is 12.8 Å². The van der Waals surface area contributed by atoms with Crippen molar-refractivity contribution in [1.82, 2.24) is 14.5 Å². The first-order valence-corrected chi connectivity index (χ1v) is 11.1. The molecular weight excluding hydrogens is 405 g/mol. The third kappa shape index (κ3) is 4.06. The number of nitrogens with zero attached hydrogens (tertiary/aromatic N) is 2. The molecule has 1 aliphatic carbocycles. The quantitative estimate of drug-likeness (QED) is 0.793. The first-order chi connectivity index (χ1) is 12.9. The molecule has 1 aromatic rings. The molecule has 2 heterocycles. The number of amides is 1. The Morgan fingerprint density at radius 2 is 1.75 bits per heavy atom. The third-order valence-electron chi connectivity index (χ3n) is 6.31. The van der Waals surface area contributed by atoms with Gasteiger partial charge in [0.15, 0.2) is 0 Å². The number of benzene rings is 1. The molecule has 0 bridgehead atoms. The van der Waals surface area contributed by atoms with Gasteiger partial charge in [0.05, 0.1) is 4.90 Å². The Morgan fingerprint density at radius 1 is 1.07 bits per heavy atom. The summed E-state index contributed by atoms with van der Waals surface area (Å²) in [5, 5.41) is 3.35. The Hall–Kier alpha value is -1.22. The average molecular weight is 432 g/mol. The van der Waals surface area contributed by atoms with Crippen molar-refractivity contribution in [3.8, 4) is 0 Å². The molecule has 1 atom stereocenters. The van der Waals surface area contributed by atoms with Gasteiger partial charge in [0.2, 0.25) is 15.9 Å². The second-order valence-electron chi connectivity index (χ2n) is 7.91. The Labute approximate surface area is 171 Å². The van der Waals surface area contributed by atoms with Crippen LogP contribution in [-0.2, 0) is 14.8 Å². The lowest BCUT2D eigenvalue weighted by atomic mass is 9.91. The fourth-order valence-electron chi connectivity index (χ4n) is 4.50. The van der Waals surface area contributed by atoms with Gasteiger partial charge >= 0.3 is 0 Å². The van der Waals surface area contributed by atoms with E-state index in [0.29, 0.717) is 26.1 Å². The van der Waals surface area contributed by atoms with Crippen LogP contribution in [0.1, 0.15) is 25.7 Å². The summed E-state index contributed by atoms with van der Waals surface area (Å²) in [6.07, 6.45) is 3.71. The summed E-state index contributed by atoms with van der Waals surface area (Å²) in [5.74, 6) is -0.157. The number of halogens is 2. The predicted octanol–water partition coefficient (Wildman–Crippen LogP) is 1.86. The fourth-order valence-corrected chi connectivity index (χ4v) is 5.97. The minimum absolute atomic E-state index is 0. The van der Waals surface area contributed by atoms with Crippen molar-refractivity contribution in [2.24, 2.45) is 11.3 Å². The van der Waals surface area contributed by atoms with Gasteiger partial charge in [-0.2, -0.15) is 4.31 Å². The van der Waals surface area contributed by atoms with E-state index in [1.807, 2.05) is 4.90 Å². The van der Waals surface area contributed by atoms with Crippen molar-refractivity contribution < 1.29 is 17.6 Å². The number of rotatable bonds is 3. The highest BCUT2D eigenvalue weighted by molar-refractivity contribution is 7.89. The van der Waals surface area contributed by atoms with Crippen LogP contribution in [0.15, 0.2) is 29.2 Å². The molecule has 0 radical (unpaired) electrons. The predicted molar refractivity (Wildman–Crippen MR) is 106 cm³/mol. The van der Waals surface area contributed by atoms with Crippen LogP contribution in [0, 0.1) is 17.2 Å². The highest BCUT2D eigenvalue weighted by atomic mass is 35.5. The Morgan fingerprint density at radius 3 is 2.43 bits per heavy atom. The van der Waals surface area contributed by atoms with Crippen molar-refractivity contribution in [1.29, 1.82) is 0 Å². The summed E-state index contributed by atoms with van der Waals surface area (Å²) >= 11 is 0. The largest absolute Gasteiger partial charge is 0.341 e. The van der Waals surface area contributed by atoms with Crippen molar-refractivity contribution in [2.45, 2.75) is 30.6 Å². The number of piperidine rings is 1. The molecule has 4 rings (SSSR count). The van der Waals surface area contributed by atoms with Gasteiger partial charge in [-0.1, -0.05) is 0 Å². The van der Waals surface area contributed by atoms with E-state index in [2.05, 4.69) is 5.32 Å². The van der Waals surface area contributed by atoms with Crippen molar-refractivity contribution in [3.63, 3.8) is 0 Å². The van der Waals surface area contributed by atoms with Gasteiger partial charge in [-0.05, 0) is 68.5 Å². The molecule has 3 aliphatic rings. The van der Waals surface area contributed by atoms with Crippen LogP contribution in [0.2, 0.25) is 0 Å². The highest BCUT2D eigenvalue weighted by Gasteiger charge is 2.58. The topological polar surface area (TPSA) is 69.7 Å². The smallest absolute Gasteiger partial charge is 0.243 e. The summed E-state index contributed by atoms with van der Waals surface area (Å²) in [5.41, 5.74) is 0.189. The summed E-state index contributed by atoms with van der Waals surface area (Å²) in [6.45, 7) is 3.64. The average Bonchev–Trinajstić information content (AvgIpc) is 3.41. The van der Waals surface area contributed by atoms with Gasteiger partial charge in [0.1, 0.15) is 5.82 Å². The molecule has 1 spiro atoms. The number of carbonyl (C=O) groups excluding carboxylic acids is 1. The summed E-state index contributed by atoms with van der Waals surface area (Å²) in [7, 11) is -3.66. The maximum absolute atomic E-state index is 13.1. The van der Waals surface area contributed by atoms with E-state index in [-0.39, 0.29) is 41.1 Å². The zero-order chi connectivity index (χ0) is 19.1. The molecule has 156 valence electrons. The van der Waals surface area contributed by atoms with E-state index in [0.717, 1.165) is 44.5 Å².